The van der Waals surface area contributed by atoms with Crippen LogP contribution in [-0.4, -0.2) is 7.11 Å². The van der Waals surface area contributed by atoms with Crippen LogP contribution < -0.4 is 16.0 Å². The predicted molar refractivity (Wildman–Crippen MR) is 76.2 cm³/mol. The highest BCUT2D eigenvalue weighted by atomic mass is 79.9. The van der Waals surface area contributed by atoms with Gasteiger partial charge in [0, 0.05) is 16.1 Å². The van der Waals surface area contributed by atoms with E-state index in [1.807, 2.05) is 0 Å². The van der Waals surface area contributed by atoms with Crippen LogP contribution in [0.5, 0.6) is 5.75 Å². The smallest absolute Gasteiger partial charge is 0.126 e. The molecule has 1 unspecified atom stereocenters. The number of methoxy groups -OCH3 is 1. The second-order valence-electron chi connectivity index (χ2n) is 4.19. The summed E-state index contributed by atoms with van der Waals surface area (Å²) in [4.78, 5) is 0. The molecule has 0 spiro atoms. The minimum absolute atomic E-state index is 0.380. The molecule has 0 bridgehead atoms. The van der Waals surface area contributed by atoms with Gasteiger partial charge in [0.05, 0.1) is 13.2 Å². The van der Waals surface area contributed by atoms with Crippen molar-refractivity contribution in [3.05, 3.63) is 63.6 Å². The summed E-state index contributed by atoms with van der Waals surface area (Å²) < 4.78 is 32.8. The third-order valence-electron chi connectivity index (χ3n) is 2.89. The quantitative estimate of drug-likeness (QED) is 0.662. The number of nitrogens with two attached hydrogens (primary N) is 1. The third kappa shape index (κ3) is 3.15. The summed E-state index contributed by atoms with van der Waals surface area (Å²) in [5, 5.41) is 0. The van der Waals surface area contributed by atoms with E-state index in [0.29, 0.717) is 16.9 Å². The Kier molecular flexibility index (Phi) is 4.69. The van der Waals surface area contributed by atoms with Gasteiger partial charge in [0.25, 0.3) is 0 Å². The Labute approximate surface area is 123 Å². The first kappa shape index (κ1) is 14.9. The standard InChI is InChI=1S/C14H13BrF2N2O/c1-20-13-6-9(15)2-3-12(13)14(19-18)8-4-10(16)7-11(17)5-8/h2-7,14,19H,18H2,1H3. The molecule has 6 heteroatoms. The molecule has 2 aromatic carbocycles. The van der Waals surface area contributed by atoms with E-state index in [1.54, 1.807) is 18.2 Å². The fourth-order valence-electron chi connectivity index (χ4n) is 2.03. The minimum atomic E-state index is -0.656. The predicted octanol–water partition coefficient (Wildman–Crippen LogP) is 3.29. The number of hydrogen-bond acceptors (Lipinski definition) is 3. The molecular formula is C14H13BrF2N2O. The Morgan fingerprint density at radius 1 is 1.15 bits per heavy atom. The van der Waals surface area contributed by atoms with Gasteiger partial charge in [-0.3, -0.25) is 5.84 Å². The first-order valence-electron chi connectivity index (χ1n) is 5.80. The van der Waals surface area contributed by atoms with E-state index < -0.39 is 17.7 Å². The lowest BCUT2D eigenvalue weighted by Crippen LogP contribution is -2.29. The molecule has 0 aliphatic carbocycles. The largest absolute Gasteiger partial charge is 0.496 e. The van der Waals surface area contributed by atoms with Crippen LogP contribution in [0.15, 0.2) is 40.9 Å². The van der Waals surface area contributed by atoms with Crippen LogP contribution in [0.4, 0.5) is 8.78 Å². The van der Waals surface area contributed by atoms with E-state index in [2.05, 4.69) is 21.4 Å². The Morgan fingerprint density at radius 3 is 2.35 bits per heavy atom. The zero-order valence-electron chi connectivity index (χ0n) is 10.7. The average molecular weight is 343 g/mol. The van der Waals surface area contributed by atoms with Gasteiger partial charge in [-0.05, 0) is 29.8 Å². The first-order chi connectivity index (χ1) is 9.55. The van der Waals surface area contributed by atoms with Crippen molar-refractivity contribution in [2.75, 3.05) is 7.11 Å². The van der Waals surface area contributed by atoms with Gasteiger partial charge in [-0.15, -0.1) is 0 Å². The summed E-state index contributed by atoms with van der Waals surface area (Å²) in [6, 6.07) is 8.03. The van der Waals surface area contributed by atoms with Gasteiger partial charge in [0.1, 0.15) is 17.4 Å². The van der Waals surface area contributed by atoms with Gasteiger partial charge in [-0.25, -0.2) is 14.2 Å². The van der Waals surface area contributed by atoms with E-state index >= 15 is 0 Å². The van der Waals surface area contributed by atoms with Gasteiger partial charge >= 0.3 is 0 Å². The number of nitrogens with one attached hydrogen (secondary N) is 1. The van der Waals surface area contributed by atoms with Gasteiger partial charge in [-0.2, -0.15) is 0 Å². The number of benzene rings is 2. The average Bonchev–Trinajstić information content (AvgIpc) is 2.40. The Balaban J connectivity index is 2.52. The number of ether oxygens (including phenoxy) is 1. The molecule has 0 radical (unpaired) electrons. The molecule has 0 aromatic heterocycles. The van der Waals surface area contributed by atoms with Gasteiger partial charge in [-0.1, -0.05) is 22.0 Å². The molecule has 20 heavy (non-hydrogen) atoms. The number of halogens is 3. The molecule has 0 aliphatic rings. The van der Waals surface area contributed by atoms with E-state index in [1.165, 1.54) is 19.2 Å². The fourth-order valence-corrected chi connectivity index (χ4v) is 2.37. The van der Waals surface area contributed by atoms with Crippen molar-refractivity contribution >= 4 is 15.9 Å². The van der Waals surface area contributed by atoms with Crippen LogP contribution in [0.3, 0.4) is 0 Å². The van der Waals surface area contributed by atoms with Gasteiger partial charge in [0.2, 0.25) is 0 Å². The first-order valence-corrected chi connectivity index (χ1v) is 6.60. The Bertz CT molecular complexity index is 602. The minimum Gasteiger partial charge on any atom is -0.496 e. The van der Waals surface area contributed by atoms with Gasteiger partial charge in [0.15, 0.2) is 0 Å². The molecule has 0 aliphatic heterocycles. The maximum absolute atomic E-state index is 13.3. The number of hydrazine groups is 1. The second-order valence-corrected chi connectivity index (χ2v) is 5.10. The Hall–Kier alpha value is -1.50. The summed E-state index contributed by atoms with van der Waals surface area (Å²) in [7, 11) is 1.52. The molecule has 0 saturated heterocycles. The molecule has 0 fully saturated rings. The Morgan fingerprint density at radius 2 is 1.80 bits per heavy atom. The van der Waals surface area contributed by atoms with Crippen molar-refractivity contribution in [1.29, 1.82) is 0 Å². The highest BCUT2D eigenvalue weighted by molar-refractivity contribution is 9.10. The van der Waals surface area contributed by atoms with E-state index in [0.717, 1.165) is 10.5 Å². The zero-order chi connectivity index (χ0) is 14.7. The zero-order valence-corrected chi connectivity index (χ0v) is 12.2. The normalized spacial score (nSPS) is 12.2. The molecule has 1 atom stereocenters. The lowest BCUT2D eigenvalue weighted by Gasteiger charge is -2.20. The van der Waals surface area contributed by atoms with Crippen LogP contribution in [0.25, 0.3) is 0 Å². The van der Waals surface area contributed by atoms with Crippen molar-refractivity contribution in [1.82, 2.24) is 5.43 Å². The van der Waals surface area contributed by atoms with E-state index in [4.69, 9.17) is 10.6 Å². The number of hydrogen-bond donors (Lipinski definition) is 2. The summed E-state index contributed by atoms with van der Waals surface area (Å²) in [6.45, 7) is 0. The molecule has 0 heterocycles. The number of rotatable bonds is 4. The van der Waals surface area contributed by atoms with Crippen LogP contribution in [0, 0.1) is 11.6 Å². The molecule has 2 rings (SSSR count). The molecule has 0 amide bonds. The maximum Gasteiger partial charge on any atom is 0.126 e. The molecule has 0 saturated carbocycles. The fraction of sp³-hybridized carbons (Fsp3) is 0.143. The van der Waals surface area contributed by atoms with Crippen molar-refractivity contribution in [3.8, 4) is 5.75 Å². The summed E-state index contributed by atoms with van der Waals surface area (Å²) >= 11 is 3.34. The van der Waals surface area contributed by atoms with E-state index in [-0.39, 0.29) is 0 Å². The molecule has 106 valence electrons. The van der Waals surface area contributed by atoms with Crippen molar-refractivity contribution in [3.63, 3.8) is 0 Å². The van der Waals surface area contributed by atoms with Crippen molar-refractivity contribution in [2.45, 2.75) is 6.04 Å². The van der Waals surface area contributed by atoms with Crippen LogP contribution >= 0.6 is 15.9 Å². The summed E-state index contributed by atoms with van der Waals surface area (Å²) in [5.41, 5.74) is 3.62. The third-order valence-corrected chi connectivity index (χ3v) is 3.38. The highest BCUT2D eigenvalue weighted by Gasteiger charge is 2.18. The van der Waals surface area contributed by atoms with Crippen LogP contribution in [-0.2, 0) is 0 Å². The maximum atomic E-state index is 13.3. The highest BCUT2D eigenvalue weighted by Crippen LogP contribution is 2.32. The van der Waals surface area contributed by atoms with Crippen LogP contribution in [0.1, 0.15) is 17.2 Å². The molecule has 2 aromatic rings. The van der Waals surface area contributed by atoms with Crippen molar-refractivity contribution < 1.29 is 13.5 Å². The van der Waals surface area contributed by atoms with Crippen LogP contribution in [0.2, 0.25) is 0 Å². The molecular weight excluding hydrogens is 330 g/mol. The van der Waals surface area contributed by atoms with Crippen molar-refractivity contribution in [2.24, 2.45) is 5.84 Å². The topological polar surface area (TPSA) is 47.3 Å². The SMILES string of the molecule is COc1cc(Br)ccc1C(NN)c1cc(F)cc(F)c1. The summed E-state index contributed by atoms with van der Waals surface area (Å²) in [6.07, 6.45) is 0. The summed E-state index contributed by atoms with van der Waals surface area (Å²) in [5.74, 6) is 4.79. The molecule has 3 nitrogen and oxygen atoms in total. The monoisotopic (exact) mass is 342 g/mol. The molecule has 3 N–H and O–H groups in total. The van der Waals surface area contributed by atoms with E-state index in [9.17, 15) is 8.78 Å². The lowest BCUT2D eigenvalue weighted by atomic mass is 9.98. The lowest BCUT2D eigenvalue weighted by molar-refractivity contribution is 0.403. The second kappa shape index (κ2) is 6.30. The van der Waals surface area contributed by atoms with Gasteiger partial charge < -0.3 is 4.74 Å².